The van der Waals surface area contributed by atoms with Crippen LogP contribution in [0.25, 0.3) is 0 Å². The highest BCUT2D eigenvalue weighted by Gasteiger charge is 2.40. The van der Waals surface area contributed by atoms with Crippen molar-refractivity contribution in [3.8, 4) is 0 Å². The maximum absolute atomic E-state index is 5.90. The Kier molecular flexibility index (Phi) is 2.66. The van der Waals surface area contributed by atoms with Crippen molar-refractivity contribution < 1.29 is 4.74 Å². The molecule has 2 aliphatic heterocycles. The minimum atomic E-state index is 0.489. The van der Waals surface area contributed by atoms with Crippen LogP contribution in [0.5, 0.6) is 0 Å². The minimum absolute atomic E-state index is 0.489. The van der Waals surface area contributed by atoms with E-state index in [1.165, 1.54) is 37.7 Å². The summed E-state index contributed by atoms with van der Waals surface area (Å²) in [6, 6.07) is 9.54. The molecule has 2 heteroatoms. The molecule has 1 N–H and O–H groups in total. The Balaban J connectivity index is 1.42. The van der Waals surface area contributed by atoms with Crippen LogP contribution in [0.1, 0.15) is 49.1 Å². The molecule has 1 aromatic carbocycles. The first-order valence-electron chi connectivity index (χ1n) is 7.37. The van der Waals surface area contributed by atoms with Crippen LogP contribution in [0.2, 0.25) is 0 Å². The summed E-state index contributed by atoms with van der Waals surface area (Å²) in [5.41, 5.74) is 3.08. The third kappa shape index (κ3) is 1.98. The zero-order valence-electron chi connectivity index (χ0n) is 10.8. The molecule has 2 saturated heterocycles. The zero-order valence-corrected chi connectivity index (χ0v) is 10.8. The van der Waals surface area contributed by atoms with Gasteiger partial charge in [0.1, 0.15) is 0 Å². The van der Waals surface area contributed by atoms with E-state index in [1.807, 2.05) is 0 Å². The van der Waals surface area contributed by atoms with E-state index in [0.717, 1.165) is 12.5 Å². The van der Waals surface area contributed by atoms with Gasteiger partial charge in [0.2, 0.25) is 0 Å². The molecule has 3 fully saturated rings. The van der Waals surface area contributed by atoms with E-state index < -0.39 is 0 Å². The minimum Gasteiger partial charge on any atom is -0.373 e. The van der Waals surface area contributed by atoms with Gasteiger partial charge in [-0.2, -0.15) is 0 Å². The topological polar surface area (TPSA) is 21.3 Å². The second kappa shape index (κ2) is 4.36. The summed E-state index contributed by atoms with van der Waals surface area (Å²) < 4.78 is 5.90. The Morgan fingerprint density at radius 1 is 1.11 bits per heavy atom. The third-order valence-corrected chi connectivity index (χ3v) is 4.73. The monoisotopic (exact) mass is 243 g/mol. The fourth-order valence-electron chi connectivity index (χ4n) is 3.58. The molecule has 1 saturated carbocycles. The summed E-state index contributed by atoms with van der Waals surface area (Å²) in [5, 5.41) is 3.73. The standard InChI is InChI=1S/C16H21NO/c1-2-4-14(11-5-6-11)12(3-1)10-17-15-9-13-7-8-16(15)18-13/h1-4,11,13,15-17H,5-10H2. The van der Waals surface area contributed by atoms with Gasteiger partial charge in [-0.1, -0.05) is 24.3 Å². The van der Waals surface area contributed by atoms with Crippen LogP contribution in [0.3, 0.4) is 0 Å². The van der Waals surface area contributed by atoms with E-state index in [4.69, 9.17) is 4.74 Å². The van der Waals surface area contributed by atoms with Crippen molar-refractivity contribution in [2.45, 2.75) is 62.8 Å². The summed E-state index contributed by atoms with van der Waals surface area (Å²) in [5.74, 6) is 0.847. The Morgan fingerprint density at radius 3 is 2.72 bits per heavy atom. The third-order valence-electron chi connectivity index (χ3n) is 4.73. The molecule has 2 bridgehead atoms. The first-order valence-corrected chi connectivity index (χ1v) is 7.37. The molecule has 3 aliphatic rings. The molecule has 1 aliphatic carbocycles. The van der Waals surface area contributed by atoms with Gasteiger partial charge < -0.3 is 10.1 Å². The average Bonchev–Trinajstić information content (AvgIpc) is 3.05. The fourth-order valence-corrected chi connectivity index (χ4v) is 3.58. The van der Waals surface area contributed by atoms with E-state index in [1.54, 1.807) is 5.56 Å². The Hall–Kier alpha value is -0.860. The van der Waals surface area contributed by atoms with Crippen molar-refractivity contribution in [3.63, 3.8) is 0 Å². The van der Waals surface area contributed by atoms with Gasteiger partial charge in [-0.15, -0.1) is 0 Å². The molecule has 18 heavy (non-hydrogen) atoms. The largest absolute Gasteiger partial charge is 0.373 e. The van der Waals surface area contributed by atoms with Crippen molar-refractivity contribution in [2.75, 3.05) is 0 Å². The quantitative estimate of drug-likeness (QED) is 0.878. The predicted molar refractivity (Wildman–Crippen MR) is 71.6 cm³/mol. The summed E-state index contributed by atoms with van der Waals surface area (Å²) in [6.45, 7) is 1.02. The van der Waals surface area contributed by atoms with Gasteiger partial charge in [-0.25, -0.2) is 0 Å². The van der Waals surface area contributed by atoms with Gasteiger partial charge in [0.15, 0.2) is 0 Å². The summed E-state index contributed by atoms with van der Waals surface area (Å²) >= 11 is 0. The first kappa shape index (κ1) is 11.0. The molecule has 3 atom stereocenters. The SMILES string of the molecule is c1ccc(C2CC2)c(CNC2CC3CCC2O3)c1. The summed E-state index contributed by atoms with van der Waals surface area (Å²) in [4.78, 5) is 0. The molecule has 0 radical (unpaired) electrons. The molecule has 4 rings (SSSR count). The van der Waals surface area contributed by atoms with Crippen LogP contribution >= 0.6 is 0 Å². The predicted octanol–water partition coefficient (Wildman–Crippen LogP) is 2.97. The lowest BCUT2D eigenvalue weighted by Gasteiger charge is -2.21. The Morgan fingerprint density at radius 2 is 2.00 bits per heavy atom. The Labute approximate surface area is 109 Å². The normalized spacial score (nSPS) is 34.1. The van der Waals surface area contributed by atoms with E-state index in [2.05, 4.69) is 29.6 Å². The Bertz CT molecular complexity index is 440. The lowest BCUT2D eigenvalue weighted by molar-refractivity contribution is 0.0973. The average molecular weight is 243 g/mol. The highest BCUT2D eigenvalue weighted by atomic mass is 16.5. The van der Waals surface area contributed by atoms with Crippen LogP contribution in [0.15, 0.2) is 24.3 Å². The lowest BCUT2D eigenvalue weighted by Crippen LogP contribution is -2.37. The highest BCUT2D eigenvalue weighted by Crippen LogP contribution is 2.41. The smallest absolute Gasteiger partial charge is 0.0733 e. The van der Waals surface area contributed by atoms with Gasteiger partial charge in [0, 0.05) is 12.6 Å². The summed E-state index contributed by atoms with van der Waals surface area (Å²) in [6.07, 6.45) is 7.56. The van der Waals surface area contributed by atoms with Crippen molar-refractivity contribution in [1.29, 1.82) is 0 Å². The van der Waals surface area contributed by atoms with Gasteiger partial charge >= 0.3 is 0 Å². The van der Waals surface area contributed by atoms with Crippen LogP contribution < -0.4 is 5.32 Å². The first-order chi connectivity index (χ1) is 8.90. The number of rotatable bonds is 4. The van der Waals surface area contributed by atoms with E-state index in [-0.39, 0.29) is 0 Å². The van der Waals surface area contributed by atoms with Gasteiger partial charge in [0.05, 0.1) is 12.2 Å². The van der Waals surface area contributed by atoms with E-state index in [0.29, 0.717) is 18.2 Å². The van der Waals surface area contributed by atoms with Crippen LogP contribution in [0, 0.1) is 0 Å². The van der Waals surface area contributed by atoms with Gasteiger partial charge in [-0.3, -0.25) is 0 Å². The number of nitrogens with one attached hydrogen (secondary N) is 1. The second-order valence-corrected chi connectivity index (χ2v) is 6.07. The molecule has 1 aromatic rings. The summed E-state index contributed by atoms with van der Waals surface area (Å²) in [7, 11) is 0. The zero-order chi connectivity index (χ0) is 11.9. The molecule has 2 nitrogen and oxygen atoms in total. The lowest BCUT2D eigenvalue weighted by atomic mass is 9.95. The maximum Gasteiger partial charge on any atom is 0.0733 e. The second-order valence-electron chi connectivity index (χ2n) is 6.07. The number of benzene rings is 1. The van der Waals surface area contributed by atoms with Crippen molar-refractivity contribution >= 4 is 0 Å². The van der Waals surface area contributed by atoms with E-state index >= 15 is 0 Å². The van der Waals surface area contributed by atoms with Crippen molar-refractivity contribution in [3.05, 3.63) is 35.4 Å². The molecule has 0 amide bonds. The molecular formula is C16H21NO. The number of ether oxygens (including phenoxy) is 1. The highest BCUT2D eigenvalue weighted by molar-refractivity contribution is 5.33. The molecule has 3 unspecified atom stereocenters. The molecule has 0 aromatic heterocycles. The van der Waals surface area contributed by atoms with Crippen LogP contribution in [-0.2, 0) is 11.3 Å². The van der Waals surface area contributed by atoms with Gasteiger partial charge in [-0.05, 0) is 49.1 Å². The van der Waals surface area contributed by atoms with Crippen molar-refractivity contribution in [2.24, 2.45) is 0 Å². The van der Waals surface area contributed by atoms with Crippen LogP contribution in [0.4, 0.5) is 0 Å². The maximum atomic E-state index is 5.90. The number of hydrogen-bond acceptors (Lipinski definition) is 2. The fraction of sp³-hybridized carbons (Fsp3) is 0.625. The van der Waals surface area contributed by atoms with Crippen molar-refractivity contribution in [1.82, 2.24) is 5.32 Å². The number of fused-ring (bicyclic) bond motifs is 2. The van der Waals surface area contributed by atoms with E-state index in [9.17, 15) is 0 Å². The molecule has 2 heterocycles. The van der Waals surface area contributed by atoms with Gasteiger partial charge in [0.25, 0.3) is 0 Å². The molecular weight excluding hydrogens is 222 g/mol. The molecule has 0 spiro atoms. The molecule has 96 valence electrons. The number of hydrogen-bond donors (Lipinski definition) is 1. The van der Waals surface area contributed by atoms with Crippen LogP contribution in [-0.4, -0.2) is 18.2 Å².